The highest BCUT2D eigenvalue weighted by Crippen LogP contribution is 2.31. The summed E-state index contributed by atoms with van der Waals surface area (Å²) in [6, 6.07) is 12.5. The van der Waals surface area contributed by atoms with E-state index in [0.717, 1.165) is 17.0 Å². The van der Waals surface area contributed by atoms with Crippen molar-refractivity contribution in [2.45, 2.75) is 6.92 Å². The Balaban J connectivity index is 1.78. The fourth-order valence-corrected chi connectivity index (χ4v) is 3.44. The molecule has 1 amide bonds. The molecule has 128 valence electrons. The molecule has 2 aromatic carbocycles. The first-order valence-corrected chi connectivity index (χ1v) is 9.10. The Bertz CT molecular complexity index is 864. The summed E-state index contributed by atoms with van der Waals surface area (Å²) in [4.78, 5) is 17.1. The number of amides is 1. The molecule has 0 aliphatic carbocycles. The van der Waals surface area contributed by atoms with E-state index in [-0.39, 0.29) is 5.91 Å². The van der Waals surface area contributed by atoms with E-state index in [1.165, 1.54) is 11.8 Å². The van der Waals surface area contributed by atoms with Gasteiger partial charge in [-0.15, -0.1) is 0 Å². The highest BCUT2D eigenvalue weighted by atomic mass is 35.5. The van der Waals surface area contributed by atoms with Crippen LogP contribution in [-0.2, 0) is 4.79 Å². The minimum atomic E-state index is -0.208. The van der Waals surface area contributed by atoms with Crippen LogP contribution in [0.2, 0.25) is 10.0 Å². The average molecular weight is 393 g/mol. The molecular weight excluding hydrogens is 379 g/mol. The molecule has 0 bridgehead atoms. The van der Waals surface area contributed by atoms with Crippen LogP contribution in [0, 0.1) is 0 Å². The standard InChI is InChI=1S/C18H14Cl2N2O2S/c1-2-24-14-7-5-13(6-8-14)21-18-22-17(23)16(25-18)9-11-3-4-12(19)10-15(11)20/h3-10H,2H2,1H3,(H,21,22,23). The van der Waals surface area contributed by atoms with Crippen LogP contribution in [-0.4, -0.2) is 17.7 Å². The number of halogens is 2. The van der Waals surface area contributed by atoms with Crippen LogP contribution >= 0.6 is 35.0 Å². The zero-order valence-corrected chi connectivity index (χ0v) is 15.6. The van der Waals surface area contributed by atoms with Gasteiger partial charge in [-0.1, -0.05) is 29.3 Å². The quantitative estimate of drug-likeness (QED) is 0.719. The van der Waals surface area contributed by atoms with Crippen molar-refractivity contribution in [3.63, 3.8) is 0 Å². The molecule has 0 atom stereocenters. The molecule has 1 heterocycles. The van der Waals surface area contributed by atoms with Crippen molar-refractivity contribution in [3.8, 4) is 5.75 Å². The van der Waals surface area contributed by atoms with Crippen molar-refractivity contribution in [2.24, 2.45) is 4.99 Å². The van der Waals surface area contributed by atoms with Gasteiger partial charge in [0.1, 0.15) is 5.75 Å². The van der Waals surface area contributed by atoms with Crippen LogP contribution in [0.1, 0.15) is 12.5 Å². The Morgan fingerprint density at radius 3 is 2.64 bits per heavy atom. The lowest BCUT2D eigenvalue weighted by Crippen LogP contribution is -2.19. The van der Waals surface area contributed by atoms with Gasteiger partial charge >= 0.3 is 0 Å². The number of nitrogens with zero attached hydrogens (tertiary/aromatic N) is 1. The first kappa shape index (κ1) is 17.9. The zero-order valence-electron chi connectivity index (χ0n) is 13.3. The van der Waals surface area contributed by atoms with Gasteiger partial charge in [0, 0.05) is 10.0 Å². The summed E-state index contributed by atoms with van der Waals surface area (Å²) in [6.07, 6.45) is 1.72. The number of hydrogen-bond donors (Lipinski definition) is 1. The van der Waals surface area contributed by atoms with Gasteiger partial charge in [-0.3, -0.25) is 4.79 Å². The van der Waals surface area contributed by atoms with Crippen molar-refractivity contribution >= 4 is 57.8 Å². The summed E-state index contributed by atoms with van der Waals surface area (Å²) in [6.45, 7) is 2.54. The van der Waals surface area contributed by atoms with E-state index in [4.69, 9.17) is 27.9 Å². The fourth-order valence-electron chi connectivity index (χ4n) is 2.14. The van der Waals surface area contributed by atoms with Crippen LogP contribution in [0.5, 0.6) is 5.75 Å². The molecule has 1 saturated heterocycles. The van der Waals surface area contributed by atoms with E-state index in [9.17, 15) is 4.79 Å². The molecule has 0 unspecified atom stereocenters. The maximum atomic E-state index is 12.1. The second kappa shape index (κ2) is 7.95. The lowest BCUT2D eigenvalue weighted by atomic mass is 10.2. The number of thioether (sulfide) groups is 1. The molecule has 2 aromatic rings. The van der Waals surface area contributed by atoms with E-state index in [0.29, 0.717) is 26.7 Å². The van der Waals surface area contributed by atoms with Crippen molar-refractivity contribution in [2.75, 3.05) is 6.61 Å². The topological polar surface area (TPSA) is 50.7 Å². The number of rotatable bonds is 4. The number of ether oxygens (including phenoxy) is 1. The van der Waals surface area contributed by atoms with Gasteiger partial charge in [-0.2, -0.15) is 0 Å². The van der Waals surface area contributed by atoms with Gasteiger partial charge in [0.2, 0.25) is 0 Å². The molecule has 0 aromatic heterocycles. The number of carbonyl (C=O) groups is 1. The zero-order chi connectivity index (χ0) is 17.8. The Kier molecular flexibility index (Phi) is 5.68. The summed E-state index contributed by atoms with van der Waals surface area (Å²) >= 11 is 13.3. The van der Waals surface area contributed by atoms with Gasteiger partial charge in [0.15, 0.2) is 5.17 Å². The second-order valence-electron chi connectivity index (χ2n) is 5.07. The Morgan fingerprint density at radius 2 is 1.96 bits per heavy atom. The van der Waals surface area contributed by atoms with E-state index < -0.39 is 0 Å². The first-order valence-electron chi connectivity index (χ1n) is 7.52. The molecule has 0 saturated carbocycles. The molecule has 25 heavy (non-hydrogen) atoms. The van der Waals surface area contributed by atoms with Crippen molar-refractivity contribution in [1.29, 1.82) is 0 Å². The summed E-state index contributed by atoms with van der Waals surface area (Å²) in [5.74, 6) is 0.577. The molecule has 1 fully saturated rings. The van der Waals surface area contributed by atoms with Crippen molar-refractivity contribution in [3.05, 3.63) is 63.0 Å². The molecule has 1 aliphatic rings. The lowest BCUT2D eigenvalue weighted by molar-refractivity contribution is -0.115. The third kappa shape index (κ3) is 4.57. The normalized spacial score (nSPS) is 17.2. The SMILES string of the molecule is CCOc1ccc(N=C2NC(=O)C(=Cc3ccc(Cl)cc3Cl)S2)cc1. The smallest absolute Gasteiger partial charge is 0.264 e. The Labute approximate surface area is 159 Å². The molecule has 1 aliphatic heterocycles. The summed E-state index contributed by atoms with van der Waals surface area (Å²) in [5, 5.41) is 4.31. The van der Waals surface area contributed by atoms with E-state index in [2.05, 4.69) is 10.3 Å². The largest absolute Gasteiger partial charge is 0.494 e. The minimum Gasteiger partial charge on any atom is -0.494 e. The number of amidine groups is 1. The maximum absolute atomic E-state index is 12.1. The number of aliphatic imine (C=N–C) groups is 1. The minimum absolute atomic E-state index is 0.208. The van der Waals surface area contributed by atoms with Gasteiger partial charge < -0.3 is 10.1 Å². The third-order valence-electron chi connectivity index (χ3n) is 3.28. The first-order chi connectivity index (χ1) is 12.0. The lowest BCUT2D eigenvalue weighted by Gasteiger charge is -2.02. The predicted octanol–water partition coefficient (Wildman–Crippen LogP) is 5.28. The second-order valence-corrected chi connectivity index (χ2v) is 6.95. The molecule has 7 heteroatoms. The van der Waals surface area contributed by atoms with Crippen LogP contribution in [0.4, 0.5) is 5.69 Å². The van der Waals surface area contributed by atoms with Gasteiger partial charge in [-0.25, -0.2) is 4.99 Å². The number of carbonyl (C=O) groups excluding carboxylic acids is 1. The molecule has 3 rings (SSSR count). The molecule has 4 nitrogen and oxygen atoms in total. The molecule has 0 radical (unpaired) electrons. The molecular formula is C18H14Cl2N2O2S. The number of benzene rings is 2. The monoisotopic (exact) mass is 392 g/mol. The average Bonchev–Trinajstić information content (AvgIpc) is 2.92. The Hall–Kier alpha value is -1.95. The fraction of sp³-hybridized carbons (Fsp3) is 0.111. The van der Waals surface area contributed by atoms with Gasteiger partial charge in [0.05, 0.1) is 17.2 Å². The highest BCUT2D eigenvalue weighted by Gasteiger charge is 2.24. The van der Waals surface area contributed by atoms with Gasteiger partial charge in [-0.05, 0) is 66.7 Å². The summed E-state index contributed by atoms with van der Waals surface area (Å²) < 4.78 is 5.40. The van der Waals surface area contributed by atoms with Crippen LogP contribution < -0.4 is 10.1 Å². The molecule has 0 spiro atoms. The summed E-state index contributed by atoms with van der Waals surface area (Å²) in [5.41, 5.74) is 1.46. The van der Waals surface area contributed by atoms with Crippen molar-refractivity contribution in [1.82, 2.24) is 5.32 Å². The van der Waals surface area contributed by atoms with E-state index in [1.54, 1.807) is 24.3 Å². The van der Waals surface area contributed by atoms with E-state index >= 15 is 0 Å². The number of nitrogens with one attached hydrogen (secondary N) is 1. The molecule has 1 N–H and O–H groups in total. The van der Waals surface area contributed by atoms with Gasteiger partial charge in [0.25, 0.3) is 5.91 Å². The Morgan fingerprint density at radius 1 is 1.20 bits per heavy atom. The van der Waals surface area contributed by atoms with Crippen LogP contribution in [0.3, 0.4) is 0 Å². The van der Waals surface area contributed by atoms with Crippen LogP contribution in [0.15, 0.2) is 52.4 Å². The van der Waals surface area contributed by atoms with E-state index in [1.807, 2.05) is 31.2 Å². The maximum Gasteiger partial charge on any atom is 0.264 e. The third-order valence-corrected chi connectivity index (χ3v) is 4.75. The number of hydrogen-bond acceptors (Lipinski definition) is 4. The van der Waals surface area contributed by atoms with Crippen molar-refractivity contribution < 1.29 is 9.53 Å². The van der Waals surface area contributed by atoms with Crippen LogP contribution in [0.25, 0.3) is 6.08 Å². The summed E-state index contributed by atoms with van der Waals surface area (Å²) in [7, 11) is 0. The predicted molar refractivity (Wildman–Crippen MR) is 105 cm³/mol. The highest BCUT2D eigenvalue weighted by molar-refractivity contribution is 8.18.